The molecule has 1 aliphatic heterocycles. The molecule has 0 bridgehead atoms. The Bertz CT molecular complexity index is 1060. The Morgan fingerprint density at radius 3 is 2.44 bits per heavy atom. The Morgan fingerprint density at radius 1 is 1.03 bits per heavy atom. The van der Waals surface area contributed by atoms with Gasteiger partial charge in [0.25, 0.3) is 0 Å². The van der Waals surface area contributed by atoms with Gasteiger partial charge in [0.15, 0.2) is 17.5 Å². The van der Waals surface area contributed by atoms with Gasteiger partial charge in [0.05, 0.1) is 5.69 Å². The molecule has 0 spiro atoms. The maximum Gasteiger partial charge on any atom is 0.191 e. The predicted octanol–water partition coefficient (Wildman–Crippen LogP) is 4.96. The number of aliphatic imine (C=N–C) groups is 1. The minimum Gasteiger partial charge on any atom is -0.454 e. The SMILES string of the molecule is CN=C(NCc1ccccc1Oc1ccccc1F)NC1CCN(Cc2ccccn2)CC1.I. The number of ether oxygens (including phenoxy) is 1. The lowest BCUT2D eigenvalue weighted by molar-refractivity contribution is 0.196. The fourth-order valence-electron chi connectivity index (χ4n) is 3.92. The first kappa shape index (κ1) is 25.9. The van der Waals surface area contributed by atoms with Gasteiger partial charge in [0.2, 0.25) is 0 Å². The van der Waals surface area contributed by atoms with Crippen LogP contribution < -0.4 is 15.4 Å². The van der Waals surface area contributed by atoms with Crippen molar-refractivity contribution in [1.29, 1.82) is 0 Å². The molecule has 2 N–H and O–H groups in total. The van der Waals surface area contributed by atoms with E-state index in [1.165, 1.54) is 6.07 Å². The molecule has 0 amide bonds. The number of hydrogen-bond donors (Lipinski definition) is 2. The second-order valence-corrected chi connectivity index (χ2v) is 8.08. The summed E-state index contributed by atoms with van der Waals surface area (Å²) in [4.78, 5) is 11.2. The van der Waals surface area contributed by atoms with Crippen LogP contribution in [0.15, 0.2) is 77.9 Å². The molecule has 0 aliphatic carbocycles. The van der Waals surface area contributed by atoms with Crippen LogP contribution in [0.3, 0.4) is 0 Å². The highest BCUT2D eigenvalue weighted by Crippen LogP contribution is 2.27. The highest BCUT2D eigenvalue weighted by atomic mass is 127. The van der Waals surface area contributed by atoms with E-state index in [4.69, 9.17) is 4.74 Å². The van der Waals surface area contributed by atoms with Gasteiger partial charge in [0, 0.05) is 51.0 Å². The molecule has 6 nitrogen and oxygen atoms in total. The highest BCUT2D eigenvalue weighted by molar-refractivity contribution is 14.0. The Labute approximate surface area is 217 Å². The molecule has 0 radical (unpaired) electrons. The van der Waals surface area contributed by atoms with E-state index in [9.17, 15) is 4.39 Å². The summed E-state index contributed by atoms with van der Waals surface area (Å²) in [5, 5.41) is 6.90. The number of benzene rings is 2. The van der Waals surface area contributed by atoms with Crippen molar-refractivity contribution in [2.45, 2.75) is 32.0 Å². The lowest BCUT2D eigenvalue weighted by Crippen LogP contribution is -2.48. The summed E-state index contributed by atoms with van der Waals surface area (Å²) in [6, 6.07) is 20.5. The van der Waals surface area contributed by atoms with E-state index in [1.54, 1.807) is 25.2 Å². The van der Waals surface area contributed by atoms with E-state index < -0.39 is 0 Å². The van der Waals surface area contributed by atoms with Crippen LogP contribution in [0, 0.1) is 5.82 Å². The zero-order valence-corrected chi connectivity index (χ0v) is 21.6. The third-order valence-electron chi connectivity index (χ3n) is 5.74. The number of pyridine rings is 1. The van der Waals surface area contributed by atoms with Gasteiger partial charge in [-0.15, -0.1) is 24.0 Å². The summed E-state index contributed by atoms with van der Waals surface area (Å²) < 4.78 is 19.8. The van der Waals surface area contributed by atoms with Crippen molar-refractivity contribution in [1.82, 2.24) is 20.5 Å². The van der Waals surface area contributed by atoms with Crippen molar-refractivity contribution >= 4 is 29.9 Å². The van der Waals surface area contributed by atoms with Gasteiger partial charge in [0.1, 0.15) is 5.75 Å². The number of rotatable bonds is 7. The quantitative estimate of drug-likeness (QED) is 0.237. The van der Waals surface area contributed by atoms with Gasteiger partial charge in [-0.25, -0.2) is 4.39 Å². The smallest absolute Gasteiger partial charge is 0.191 e. The van der Waals surface area contributed by atoms with E-state index in [0.717, 1.165) is 49.7 Å². The minimum atomic E-state index is -0.382. The fraction of sp³-hybridized carbons (Fsp3) is 0.308. The van der Waals surface area contributed by atoms with Crippen molar-refractivity contribution in [3.8, 4) is 11.5 Å². The zero-order chi connectivity index (χ0) is 22.9. The van der Waals surface area contributed by atoms with Crippen molar-refractivity contribution in [2.24, 2.45) is 4.99 Å². The Morgan fingerprint density at radius 2 is 1.74 bits per heavy atom. The van der Waals surface area contributed by atoms with Gasteiger partial charge in [-0.05, 0) is 43.2 Å². The topological polar surface area (TPSA) is 61.8 Å². The lowest BCUT2D eigenvalue weighted by Gasteiger charge is -2.32. The summed E-state index contributed by atoms with van der Waals surface area (Å²) in [6.07, 6.45) is 3.93. The van der Waals surface area contributed by atoms with Gasteiger partial charge in [-0.1, -0.05) is 36.4 Å². The summed E-state index contributed by atoms with van der Waals surface area (Å²) in [5.74, 6) is 1.20. The molecule has 4 rings (SSSR count). The standard InChI is InChI=1S/C26H30FN5O.HI/c1-28-26(31-21-13-16-32(17-14-21)19-22-9-6-7-15-29-22)30-18-20-8-2-4-11-24(20)33-25-12-5-3-10-23(25)27;/h2-12,15,21H,13-14,16-19H2,1H3,(H2,28,30,31);1H. The van der Waals surface area contributed by atoms with Gasteiger partial charge < -0.3 is 15.4 Å². The van der Waals surface area contributed by atoms with Crippen molar-refractivity contribution in [2.75, 3.05) is 20.1 Å². The van der Waals surface area contributed by atoms with Crippen LogP contribution in [0.5, 0.6) is 11.5 Å². The molecule has 180 valence electrons. The molecular weight excluding hydrogens is 544 g/mol. The summed E-state index contributed by atoms with van der Waals surface area (Å²) >= 11 is 0. The van der Waals surface area contributed by atoms with Crippen LogP contribution in [0.2, 0.25) is 0 Å². The Kier molecular flexibility index (Phi) is 10.1. The predicted molar refractivity (Wildman–Crippen MR) is 144 cm³/mol. The van der Waals surface area contributed by atoms with E-state index in [0.29, 0.717) is 18.3 Å². The molecule has 8 heteroatoms. The molecule has 1 aliphatic rings. The maximum atomic E-state index is 14.0. The number of nitrogens with zero attached hydrogens (tertiary/aromatic N) is 3. The molecule has 2 heterocycles. The molecule has 0 unspecified atom stereocenters. The average molecular weight is 575 g/mol. The number of guanidine groups is 1. The van der Waals surface area contributed by atoms with Gasteiger partial charge in [-0.2, -0.15) is 0 Å². The monoisotopic (exact) mass is 575 g/mol. The van der Waals surface area contributed by atoms with Crippen LogP contribution >= 0.6 is 24.0 Å². The maximum absolute atomic E-state index is 14.0. The number of piperidine rings is 1. The number of halogens is 2. The Balaban J connectivity index is 0.00000324. The summed E-state index contributed by atoms with van der Waals surface area (Å²) in [6.45, 7) is 3.44. The largest absolute Gasteiger partial charge is 0.454 e. The van der Waals surface area contributed by atoms with Crippen LogP contribution in [0.25, 0.3) is 0 Å². The van der Waals surface area contributed by atoms with Crippen molar-refractivity contribution < 1.29 is 9.13 Å². The van der Waals surface area contributed by atoms with E-state index in [-0.39, 0.29) is 35.5 Å². The third-order valence-corrected chi connectivity index (χ3v) is 5.74. The Hall–Kier alpha value is -2.72. The van der Waals surface area contributed by atoms with Gasteiger partial charge >= 0.3 is 0 Å². The van der Waals surface area contributed by atoms with Crippen LogP contribution in [0.1, 0.15) is 24.1 Å². The molecule has 2 aromatic carbocycles. The first-order chi connectivity index (χ1) is 16.2. The van der Waals surface area contributed by atoms with Crippen LogP contribution in [-0.2, 0) is 13.1 Å². The number of para-hydroxylation sites is 2. The normalized spacial score (nSPS) is 14.8. The number of likely N-dealkylation sites (tertiary alicyclic amines) is 1. The van der Waals surface area contributed by atoms with Crippen molar-refractivity contribution in [3.05, 3.63) is 90.0 Å². The number of hydrogen-bond acceptors (Lipinski definition) is 4. The lowest BCUT2D eigenvalue weighted by atomic mass is 10.0. The third kappa shape index (κ3) is 7.39. The van der Waals surface area contributed by atoms with Crippen molar-refractivity contribution in [3.63, 3.8) is 0 Å². The molecule has 0 atom stereocenters. The zero-order valence-electron chi connectivity index (χ0n) is 19.3. The minimum absolute atomic E-state index is 0. The second kappa shape index (κ2) is 13.2. The average Bonchev–Trinajstić information content (AvgIpc) is 2.85. The van der Waals surface area contributed by atoms with E-state index in [1.807, 2.05) is 42.6 Å². The molecule has 34 heavy (non-hydrogen) atoms. The molecule has 0 saturated carbocycles. The second-order valence-electron chi connectivity index (χ2n) is 8.08. The fourth-order valence-corrected chi connectivity index (χ4v) is 3.92. The molecular formula is C26H31FIN5O. The van der Waals surface area contributed by atoms with Crippen LogP contribution in [-0.4, -0.2) is 42.0 Å². The van der Waals surface area contributed by atoms with Crippen LogP contribution in [0.4, 0.5) is 4.39 Å². The molecule has 1 aromatic heterocycles. The van der Waals surface area contributed by atoms with Gasteiger partial charge in [-0.3, -0.25) is 14.9 Å². The number of nitrogens with one attached hydrogen (secondary N) is 2. The number of aromatic nitrogens is 1. The molecule has 3 aromatic rings. The van der Waals surface area contributed by atoms with E-state index >= 15 is 0 Å². The first-order valence-electron chi connectivity index (χ1n) is 11.3. The molecule has 1 fully saturated rings. The van der Waals surface area contributed by atoms with E-state index in [2.05, 4.69) is 31.6 Å². The molecule has 1 saturated heterocycles. The summed E-state index contributed by atoms with van der Waals surface area (Å²) in [5.41, 5.74) is 2.03. The highest BCUT2D eigenvalue weighted by Gasteiger charge is 2.20. The first-order valence-corrected chi connectivity index (χ1v) is 11.3. The summed E-state index contributed by atoms with van der Waals surface area (Å²) in [7, 11) is 1.77.